The van der Waals surface area contributed by atoms with Crippen LogP contribution in [0.5, 0.6) is 0 Å². The molecule has 0 aliphatic rings. The van der Waals surface area contributed by atoms with Crippen molar-refractivity contribution in [2.24, 2.45) is 0 Å². The van der Waals surface area contributed by atoms with Gasteiger partial charge in [0.1, 0.15) is 0 Å². The predicted octanol–water partition coefficient (Wildman–Crippen LogP) is 2.86. The van der Waals surface area contributed by atoms with Crippen molar-refractivity contribution in [3.05, 3.63) is 52.8 Å². The van der Waals surface area contributed by atoms with Gasteiger partial charge in [-0.1, -0.05) is 12.1 Å². The van der Waals surface area contributed by atoms with Crippen molar-refractivity contribution in [1.29, 1.82) is 0 Å². The van der Waals surface area contributed by atoms with E-state index in [4.69, 9.17) is 0 Å². The van der Waals surface area contributed by atoms with E-state index in [0.29, 0.717) is 11.4 Å². The van der Waals surface area contributed by atoms with Crippen LogP contribution in [-0.2, 0) is 16.4 Å². The van der Waals surface area contributed by atoms with Crippen molar-refractivity contribution in [2.75, 3.05) is 11.6 Å². The number of aromatic nitrogens is 1. The monoisotopic (exact) mass is 340 g/mol. The molecule has 1 N–H and O–H groups in total. The quantitative estimate of drug-likeness (QED) is 0.929. The summed E-state index contributed by atoms with van der Waals surface area (Å²) in [5.41, 5.74) is 1.96. The maximum atomic E-state index is 11.3. The Hall–Kier alpha value is -1.40. The predicted molar refractivity (Wildman–Crippen MR) is 78.8 cm³/mol. The molecule has 0 aliphatic heterocycles. The van der Waals surface area contributed by atoms with E-state index in [2.05, 4.69) is 26.2 Å². The topological polar surface area (TPSA) is 59.1 Å². The largest absolute Gasteiger partial charge is 0.380 e. The van der Waals surface area contributed by atoms with Crippen molar-refractivity contribution in [2.45, 2.75) is 11.4 Å². The van der Waals surface area contributed by atoms with E-state index in [1.165, 1.54) is 6.26 Å². The molecule has 1 aromatic heterocycles. The van der Waals surface area contributed by atoms with Gasteiger partial charge in [-0.05, 0) is 39.7 Å². The Labute approximate surface area is 120 Å². The number of hydrogen-bond donors (Lipinski definition) is 1. The van der Waals surface area contributed by atoms with Crippen molar-refractivity contribution in [3.63, 3.8) is 0 Å². The first-order valence-electron chi connectivity index (χ1n) is 5.59. The molecule has 1 heterocycles. The van der Waals surface area contributed by atoms with Crippen molar-refractivity contribution < 1.29 is 8.42 Å². The summed E-state index contributed by atoms with van der Waals surface area (Å²) in [6, 6.07) is 8.72. The third-order valence-electron chi connectivity index (χ3n) is 2.61. The average Bonchev–Trinajstić information content (AvgIpc) is 2.37. The molecule has 0 amide bonds. The van der Waals surface area contributed by atoms with Crippen LogP contribution in [0.1, 0.15) is 5.56 Å². The van der Waals surface area contributed by atoms with E-state index in [0.717, 1.165) is 15.7 Å². The number of anilines is 1. The third kappa shape index (κ3) is 3.78. The van der Waals surface area contributed by atoms with E-state index < -0.39 is 9.84 Å². The molecule has 0 atom stereocenters. The molecule has 19 heavy (non-hydrogen) atoms. The van der Waals surface area contributed by atoms with Gasteiger partial charge in [-0.25, -0.2) is 8.42 Å². The summed E-state index contributed by atoms with van der Waals surface area (Å²) in [5, 5.41) is 3.25. The second kappa shape index (κ2) is 5.71. The zero-order valence-electron chi connectivity index (χ0n) is 10.3. The summed E-state index contributed by atoms with van der Waals surface area (Å²) >= 11 is 3.40. The summed E-state index contributed by atoms with van der Waals surface area (Å²) in [7, 11) is -3.13. The molecule has 0 saturated carbocycles. The molecule has 0 spiro atoms. The normalized spacial score (nSPS) is 11.3. The highest BCUT2D eigenvalue weighted by Gasteiger charge is 2.06. The molecular formula is C13H13BrN2O2S. The van der Waals surface area contributed by atoms with Gasteiger partial charge in [0.25, 0.3) is 0 Å². The van der Waals surface area contributed by atoms with Gasteiger partial charge < -0.3 is 5.32 Å². The lowest BCUT2D eigenvalue weighted by molar-refractivity contribution is 0.602. The number of halogens is 1. The molecule has 100 valence electrons. The second-order valence-electron chi connectivity index (χ2n) is 4.13. The molecule has 2 rings (SSSR count). The smallest absolute Gasteiger partial charge is 0.175 e. The van der Waals surface area contributed by atoms with Crippen LogP contribution >= 0.6 is 15.9 Å². The van der Waals surface area contributed by atoms with E-state index in [9.17, 15) is 8.42 Å². The van der Waals surface area contributed by atoms with E-state index >= 15 is 0 Å². The number of pyridine rings is 1. The number of hydrogen-bond acceptors (Lipinski definition) is 4. The highest BCUT2D eigenvalue weighted by atomic mass is 79.9. The average molecular weight is 341 g/mol. The summed E-state index contributed by atoms with van der Waals surface area (Å²) in [6.45, 7) is 0.618. The first kappa shape index (κ1) is 14.0. The Morgan fingerprint density at radius 3 is 2.47 bits per heavy atom. The number of sulfone groups is 1. The van der Waals surface area contributed by atoms with E-state index in [1.54, 1.807) is 36.7 Å². The van der Waals surface area contributed by atoms with Gasteiger partial charge in [-0.15, -0.1) is 0 Å². The maximum absolute atomic E-state index is 11.3. The molecule has 0 aliphatic carbocycles. The molecule has 0 bridgehead atoms. The standard InChI is InChI=1S/C13H13BrN2O2S/c1-19(17,18)11-4-2-10(3-5-11)8-16-13-6-7-15-9-12(13)14/h2-7,9H,8H2,1H3,(H,15,16). The van der Waals surface area contributed by atoms with Crippen molar-refractivity contribution >= 4 is 31.5 Å². The van der Waals surface area contributed by atoms with E-state index in [-0.39, 0.29) is 0 Å². The fourth-order valence-corrected chi connectivity index (χ4v) is 2.59. The minimum Gasteiger partial charge on any atom is -0.380 e. The van der Waals surface area contributed by atoms with E-state index in [1.807, 2.05) is 6.07 Å². The van der Waals surface area contributed by atoms with Gasteiger partial charge in [-0.2, -0.15) is 0 Å². The molecule has 0 radical (unpaired) electrons. The highest BCUT2D eigenvalue weighted by Crippen LogP contribution is 2.20. The van der Waals surface area contributed by atoms with Crippen LogP contribution in [0.15, 0.2) is 52.1 Å². The Bertz CT molecular complexity index is 669. The minimum absolute atomic E-state index is 0.335. The summed E-state index contributed by atoms with van der Waals surface area (Å²) < 4.78 is 23.6. The van der Waals surface area contributed by atoms with Gasteiger partial charge >= 0.3 is 0 Å². The molecule has 4 nitrogen and oxygen atoms in total. The molecule has 2 aromatic rings. The summed E-state index contributed by atoms with van der Waals surface area (Å²) in [5.74, 6) is 0. The fraction of sp³-hybridized carbons (Fsp3) is 0.154. The summed E-state index contributed by atoms with van der Waals surface area (Å²) in [4.78, 5) is 4.32. The fourth-order valence-electron chi connectivity index (χ4n) is 1.57. The van der Waals surface area contributed by atoms with Gasteiger partial charge in [0.05, 0.1) is 15.1 Å². The number of benzene rings is 1. The number of rotatable bonds is 4. The Balaban J connectivity index is 2.07. The molecule has 0 fully saturated rings. The van der Waals surface area contributed by atoms with Gasteiger partial charge in [0.2, 0.25) is 0 Å². The lowest BCUT2D eigenvalue weighted by atomic mass is 10.2. The lowest BCUT2D eigenvalue weighted by Gasteiger charge is -2.08. The zero-order chi connectivity index (χ0) is 13.9. The maximum Gasteiger partial charge on any atom is 0.175 e. The van der Waals surface area contributed by atoms with Crippen LogP contribution in [0.25, 0.3) is 0 Å². The van der Waals surface area contributed by atoms with Crippen LogP contribution in [0, 0.1) is 0 Å². The van der Waals surface area contributed by atoms with Crippen molar-refractivity contribution in [1.82, 2.24) is 4.98 Å². The van der Waals surface area contributed by atoms with Crippen LogP contribution in [0.4, 0.5) is 5.69 Å². The minimum atomic E-state index is -3.13. The van der Waals surface area contributed by atoms with Crippen LogP contribution in [0.2, 0.25) is 0 Å². The Kier molecular flexibility index (Phi) is 4.21. The third-order valence-corrected chi connectivity index (χ3v) is 4.37. The molecule has 1 aromatic carbocycles. The van der Waals surface area contributed by atoms with Crippen LogP contribution < -0.4 is 5.32 Å². The number of nitrogens with one attached hydrogen (secondary N) is 1. The molecule has 0 unspecified atom stereocenters. The van der Waals surface area contributed by atoms with Gasteiger partial charge in [0.15, 0.2) is 9.84 Å². The summed E-state index contributed by atoms with van der Waals surface area (Å²) in [6.07, 6.45) is 4.63. The molecule has 6 heteroatoms. The first-order valence-corrected chi connectivity index (χ1v) is 8.27. The Morgan fingerprint density at radius 1 is 1.21 bits per heavy atom. The van der Waals surface area contributed by atoms with Gasteiger partial charge in [0, 0.05) is 25.2 Å². The van der Waals surface area contributed by atoms with Gasteiger partial charge in [-0.3, -0.25) is 4.98 Å². The Morgan fingerprint density at radius 2 is 1.89 bits per heavy atom. The van der Waals surface area contributed by atoms with Crippen LogP contribution in [0.3, 0.4) is 0 Å². The second-order valence-corrected chi connectivity index (χ2v) is 7.00. The van der Waals surface area contributed by atoms with Crippen LogP contribution in [-0.4, -0.2) is 19.7 Å². The number of nitrogens with zero attached hydrogens (tertiary/aromatic N) is 1. The zero-order valence-corrected chi connectivity index (χ0v) is 12.7. The first-order chi connectivity index (χ1) is 8.97. The van der Waals surface area contributed by atoms with Crippen molar-refractivity contribution in [3.8, 4) is 0 Å². The SMILES string of the molecule is CS(=O)(=O)c1ccc(CNc2ccncc2Br)cc1. The highest BCUT2D eigenvalue weighted by molar-refractivity contribution is 9.10. The molecular weight excluding hydrogens is 328 g/mol. The lowest BCUT2D eigenvalue weighted by Crippen LogP contribution is -2.01. The molecule has 0 saturated heterocycles.